The minimum atomic E-state index is 0.138. The summed E-state index contributed by atoms with van der Waals surface area (Å²) in [5.74, 6) is 1.20. The third-order valence-electron chi connectivity index (χ3n) is 5.11. The van der Waals surface area contributed by atoms with Gasteiger partial charge >= 0.3 is 0 Å². The first-order valence-electron chi connectivity index (χ1n) is 9.37. The number of H-pyrrole nitrogens is 1. The largest absolute Gasteiger partial charge is 0.362 e. The Labute approximate surface area is 158 Å². The number of hydrogen-bond acceptors (Lipinski definition) is 5. The van der Waals surface area contributed by atoms with E-state index in [2.05, 4.69) is 32.6 Å². The number of rotatable bonds is 4. The molecular formula is C20H24N6O. The third kappa shape index (κ3) is 3.77. The van der Waals surface area contributed by atoms with E-state index in [1.165, 1.54) is 0 Å². The lowest BCUT2D eigenvalue weighted by Crippen LogP contribution is -2.37. The Morgan fingerprint density at radius 3 is 3.00 bits per heavy atom. The summed E-state index contributed by atoms with van der Waals surface area (Å²) < 4.78 is 0. The molecule has 7 heteroatoms. The van der Waals surface area contributed by atoms with Crippen LogP contribution < -0.4 is 5.32 Å². The van der Waals surface area contributed by atoms with Crippen LogP contribution in [0.4, 0.5) is 5.82 Å². The fourth-order valence-electron chi connectivity index (χ4n) is 3.66. The minimum Gasteiger partial charge on any atom is -0.362 e. The first-order chi connectivity index (χ1) is 13.1. The Morgan fingerprint density at radius 1 is 1.30 bits per heavy atom. The van der Waals surface area contributed by atoms with Crippen LogP contribution in [0, 0.1) is 6.92 Å². The highest BCUT2D eigenvalue weighted by Crippen LogP contribution is 2.28. The molecule has 0 bridgehead atoms. The van der Waals surface area contributed by atoms with Crippen LogP contribution in [0.1, 0.15) is 42.8 Å². The Hall–Kier alpha value is -2.96. The molecule has 0 aromatic carbocycles. The molecule has 2 N–H and O–H groups in total. The molecule has 140 valence electrons. The molecule has 1 atom stereocenters. The quantitative estimate of drug-likeness (QED) is 0.743. The minimum absolute atomic E-state index is 0.138. The van der Waals surface area contributed by atoms with Gasteiger partial charge in [-0.3, -0.25) is 14.9 Å². The number of piperidine rings is 1. The van der Waals surface area contributed by atoms with Gasteiger partial charge < -0.3 is 10.2 Å². The van der Waals surface area contributed by atoms with Gasteiger partial charge in [-0.1, -0.05) is 6.07 Å². The van der Waals surface area contributed by atoms with Crippen molar-refractivity contribution in [3.8, 4) is 0 Å². The highest BCUT2D eigenvalue weighted by Gasteiger charge is 2.24. The average molecular weight is 364 g/mol. The van der Waals surface area contributed by atoms with E-state index in [0.717, 1.165) is 59.9 Å². The van der Waals surface area contributed by atoms with E-state index in [-0.39, 0.29) is 11.8 Å². The summed E-state index contributed by atoms with van der Waals surface area (Å²) in [6, 6.07) is 10.1. The average Bonchev–Trinajstić information content (AvgIpc) is 3.09. The van der Waals surface area contributed by atoms with E-state index in [1.54, 1.807) is 6.92 Å². The summed E-state index contributed by atoms with van der Waals surface area (Å²) in [5, 5.41) is 11.7. The van der Waals surface area contributed by atoms with E-state index in [1.807, 2.05) is 30.0 Å². The molecule has 4 rings (SSSR count). The van der Waals surface area contributed by atoms with Crippen LogP contribution in [0.15, 0.2) is 30.3 Å². The second-order valence-corrected chi connectivity index (χ2v) is 7.13. The lowest BCUT2D eigenvalue weighted by atomic mass is 9.94. The van der Waals surface area contributed by atoms with Crippen molar-refractivity contribution in [2.45, 2.75) is 39.2 Å². The molecule has 1 amide bonds. The SMILES string of the molecule is CC(=O)N1CCC[C@@H](c2ccc3c(NCc4cccc(C)n4)n[nH]c3n2)C1. The van der Waals surface area contributed by atoms with Crippen molar-refractivity contribution in [2.24, 2.45) is 0 Å². The van der Waals surface area contributed by atoms with Crippen LogP contribution in [0.25, 0.3) is 11.0 Å². The number of aromatic nitrogens is 4. The van der Waals surface area contributed by atoms with Crippen molar-refractivity contribution in [2.75, 3.05) is 18.4 Å². The summed E-state index contributed by atoms with van der Waals surface area (Å²) in [6.45, 7) is 5.82. The number of anilines is 1. The number of hydrogen-bond donors (Lipinski definition) is 2. The highest BCUT2D eigenvalue weighted by atomic mass is 16.2. The standard InChI is InChI=1S/C20H24N6O/c1-13-5-3-7-16(22-13)11-21-19-17-8-9-18(23-20(17)25-24-19)15-6-4-10-26(12-15)14(2)27/h3,5,7-9,15H,4,6,10-12H2,1-2H3,(H2,21,23,24,25)/t15-/m1/s1. The number of amides is 1. The van der Waals surface area contributed by atoms with Crippen LogP contribution in [0.2, 0.25) is 0 Å². The maximum absolute atomic E-state index is 11.7. The monoisotopic (exact) mass is 364 g/mol. The number of likely N-dealkylation sites (tertiary alicyclic amines) is 1. The molecule has 3 aromatic heterocycles. The summed E-state index contributed by atoms with van der Waals surface area (Å²) in [5.41, 5.74) is 3.76. The predicted molar refractivity (Wildman–Crippen MR) is 104 cm³/mol. The Kier molecular flexibility index (Phi) is 4.75. The normalized spacial score (nSPS) is 17.3. The summed E-state index contributed by atoms with van der Waals surface area (Å²) in [4.78, 5) is 22.9. The van der Waals surface area contributed by atoms with E-state index in [9.17, 15) is 4.79 Å². The fourth-order valence-corrected chi connectivity index (χ4v) is 3.66. The number of aryl methyl sites for hydroxylation is 1. The number of pyridine rings is 2. The molecule has 0 spiro atoms. The van der Waals surface area contributed by atoms with Gasteiger partial charge in [-0.15, -0.1) is 0 Å². The summed E-state index contributed by atoms with van der Waals surface area (Å²) in [7, 11) is 0. The molecule has 1 aliphatic heterocycles. The number of carbonyl (C=O) groups is 1. The van der Waals surface area contributed by atoms with E-state index in [0.29, 0.717) is 6.54 Å². The van der Waals surface area contributed by atoms with Gasteiger partial charge in [-0.05, 0) is 44.0 Å². The van der Waals surface area contributed by atoms with E-state index in [4.69, 9.17) is 4.98 Å². The van der Waals surface area contributed by atoms with Crippen molar-refractivity contribution in [3.63, 3.8) is 0 Å². The number of aromatic amines is 1. The molecule has 0 aliphatic carbocycles. The molecule has 1 aliphatic rings. The predicted octanol–water partition coefficient (Wildman–Crippen LogP) is 3.00. The summed E-state index contributed by atoms with van der Waals surface area (Å²) in [6.07, 6.45) is 2.07. The number of nitrogens with zero attached hydrogens (tertiary/aromatic N) is 4. The van der Waals surface area contributed by atoms with Gasteiger partial charge in [0.1, 0.15) is 0 Å². The van der Waals surface area contributed by atoms with E-state index < -0.39 is 0 Å². The number of nitrogens with one attached hydrogen (secondary N) is 2. The fraction of sp³-hybridized carbons (Fsp3) is 0.400. The maximum atomic E-state index is 11.7. The second-order valence-electron chi connectivity index (χ2n) is 7.13. The first-order valence-corrected chi connectivity index (χ1v) is 9.37. The van der Waals surface area contributed by atoms with Crippen molar-refractivity contribution in [1.82, 2.24) is 25.1 Å². The second kappa shape index (κ2) is 7.34. The molecule has 0 saturated carbocycles. The van der Waals surface area contributed by atoms with Crippen molar-refractivity contribution in [1.29, 1.82) is 0 Å². The smallest absolute Gasteiger partial charge is 0.219 e. The number of fused-ring (bicyclic) bond motifs is 1. The van der Waals surface area contributed by atoms with Crippen LogP contribution in [-0.4, -0.2) is 44.1 Å². The van der Waals surface area contributed by atoms with Gasteiger partial charge in [0.05, 0.1) is 17.6 Å². The topological polar surface area (TPSA) is 86.8 Å². The molecule has 4 heterocycles. The molecule has 1 saturated heterocycles. The lowest BCUT2D eigenvalue weighted by Gasteiger charge is -2.31. The van der Waals surface area contributed by atoms with Crippen molar-refractivity contribution >= 4 is 22.8 Å². The molecule has 3 aromatic rings. The van der Waals surface area contributed by atoms with Crippen molar-refractivity contribution < 1.29 is 4.79 Å². The Bertz CT molecular complexity index is 966. The molecule has 1 fully saturated rings. The van der Waals surface area contributed by atoms with Gasteiger partial charge in [-0.2, -0.15) is 5.10 Å². The van der Waals surface area contributed by atoms with Crippen LogP contribution in [0.5, 0.6) is 0 Å². The zero-order valence-corrected chi connectivity index (χ0v) is 15.7. The maximum Gasteiger partial charge on any atom is 0.219 e. The molecule has 7 nitrogen and oxygen atoms in total. The Balaban J connectivity index is 1.50. The zero-order valence-electron chi connectivity index (χ0n) is 15.7. The van der Waals surface area contributed by atoms with Gasteiger partial charge in [0.2, 0.25) is 5.91 Å². The molecule has 0 radical (unpaired) electrons. The van der Waals surface area contributed by atoms with Crippen LogP contribution >= 0.6 is 0 Å². The van der Waals surface area contributed by atoms with Crippen LogP contribution in [0.3, 0.4) is 0 Å². The molecule has 27 heavy (non-hydrogen) atoms. The van der Waals surface area contributed by atoms with Crippen molar-refractivity contribution in [3.05, 3.63) is 47.4 Å². The van der Waals surface area contributed by atoms with Crippen LogP contribution in [-0.2, 0) is 11.3 Å². The Morgan fingerprint density at radius 2 is 2.19 bits per heavy atom. The first kappa shape index (κ1) is 17.5. The lowest BCUT2D eigenvalue weighted by molar-refractivity contribution is -0.130. The third-order valence-corrected chi connectivity index (χ3v) is 5.11. The molecular weight excluding hydrogens is 340 g/mol. The van der Waals surface area contributed by atoms with Gasteiger partial charge in [0, 0.05) is 37.3 Å². The van der Waals surface area contributed by atoms with Gasteiger partial charge in [0.25, 0.3) is 0 Å². The van der Waals surface area contributed by atoms with Gasteiger partial charge in [-0.25, -0.2) is 4.98 Å². The zero-order chi connectivity index (χ0) is 18.8. The molecule has 0 unspecified atom stereocenters. The van der Waals surface area contributed by atoms with E-state index >= 15 is 0 Å². The highest BCUT2D eigenvalue weighted by molar-refractivity contribution is 5.87. The van der Waals surface area contributed by atoms with Gasteiger partial charge in [0.15, 0.2) is 11.5 Å². The number of carbonyl (C=O) groups excluding carboxylic acids is 1. The summed E-state index contributed by atoms with van der Waals surface area (Å²) >= 11 is 0.